The molecule has 0 aromatic rings. The Kier molecular flexibility index (Phi) is 18.8. The Hall–Kier alpha value is 0.748. The summed E-state index contributed by atoms with van der Waals surface area (Å²) in [7, 11) is -1.89. The second kappa shape index (κ2) is 15.7. The van der Waals surface area contributed by atoms with Crippen LogP contribution in [0.15, 0.2) is 0 Å². The molecule has 0 aliphatic heterocycles. The Labute approximate surface area is 116 Å². The van der Waals surface area contributed by atoms with Gasteiger partial charge < -0.3 is 0 Å². The van der Waals surface area contributed by atoms with Crippen molar-refractivity contribution in [2.24, 2.45) is 0 Å². The summed E-state index contributed by atoms with van der Waals surface area (Å²) < 4.78 is 10.4. The average molecular weight is 329 g/mol. The van der Waals surface area contributed by atoms with Crippen LogP contribution in [0, 0.1) is 0 Å². The Bertz CT molecular complexity index is 154. The van der Waals surface area contributed by atoms with Crippen molar-refractivity contribution in [2.45, 2.75) is 71.1 Å². The van der Waals surface area contributed by atoms with Gasteiger partial charge in [0.2, 0.25) is 0 Å². The molecule has 4 heteroatoms. The van der Waals surface area contributed by atoms with Crippen LogP contribution in [0.2, 0.25) is 0 Å². The van der Waals surface area contributed by atoms with E-state index in [2.05, 4.69) is 6.92 Å². The molecule has 0 amide bonds. The first kappa shape index (κ1) is 19.1. The summed E-state index contributed by atoms with van der Waals surface area (Å²) in [5.74, 6) is 0. The minimum absolute atomic E-state index is 0. The van der Waals surface area contributed by atoms with Gasteiger partial charge in [-0.3, -0.25) is 0 Å². The molecule has 1 unspecified atom stereocenters. The third-order valence-electron chi connectivity index (χ3n) is 2.70. The molecule has 0 bridgehead atoms. The summed E-state index contributed by atoms with van der Waals surface area (Å²) in [5, 5.41) is 0. The van der Waals surface area contributed by atoms with Crippen LogP contribution in [-0.2, 0) is 25.6 Å². The standard InChI is InChI=1S/C12H25O2P.Mo/c1-2-3-4-5-6-7-8-9-10-11-12-15(13)14;/h2-12H2,1H3;/p+1. The van der Waals surface area contributed by atoms with Crippen LogP contribution in [-0.4, -0.2) is 11.1 Å². The summed E-state index contributed by atoms with van der Waals surface area (Å²) in [6.45, 7) is 2.24. The Balaban J connectivity index is 0. The summed E-state index contributed by atoms with van der Waals surface area (Å²) in [6.07, 6.45) is 13.2. The zero-order valence-electron chi connectivity index (χ0n) is 10.5. The Morgan fingerprint density at radius 1 is 0.812 bits per heavy atom. The molecule has 96 valence electrons. The Morgan fingerprint density at radius 2 is 1.19 bits per heavy atom. The smallest absolute Gasteiger partial charge is 0.161 e. The van der Waals surface area contributed by atoms with Crippen LogP contribution < -0.4 is 0 Å². The topological polar surface area (TPSA) is 37.3 Å². The maximum atomic E-state index is 10.4. The minimum Gasteiger partial charge on any atom is -0.161 e. The molecule has 0 saturated heterocycles. The molecule has 0 aromatic heterocycles. The van der Waals surface area contributed by atoms with Crippen molar-refractivity contribution in [1.29, 1.82) is 0 Å². The maximum absolute atomic E-state index is 10.4. The molecule has 0 aromatic carbocycles. The van der Waals surface area contributed by atoms with Crippen LogP contribution in [0.5, 0.6) is 0 Å². The van der Waals surface area contributed by atoms with E-state index >= 15 is 0 Å². The van der Waals surface area contributed by atoms with E-state index in [4.69, 9.17) is 4.89 Å². The number of rotatable bonds is 11. The maximum Gasteiger partial charge on any atom is 0.505 e. The second-order valence-corrected chi connectivity index (χ2v) is 5.41. The van der Waals surface area contributed by atoms with Gasteiger partial charge in [0.05, 0.1) is 0 Å². The predicted octanol–water partition coefficient (Wildman–Crippen LogP) is 4.64. The van der Waals surface area contributed by atoms with Gasteiger partial charge in [-0.1, -0.05) is 58.3 Å². The summed E-state index contributed by atoms with van der Waals surface area (Å²) >= 11 is 0. The molecule has 16 heavy (non-hydrogen) atoms. The molecular weight excluding hydrogens is 303 g/mol. The van der Waals surface area contributed by atoms with Crippen molar-refractivity contribution < 1.29 is 30.5 Å². The van der Waals surface area contributed by atoms with Crippen molar-refractivity contribution in [2.75, 3.05) is 6.16 Å². The van der Waals surface area contributed by atoms with Crippen molar-refractivity contribution >= 4 is 8.03 Å². The van der Waals surface area contributed by atoms with Gasteiger partial charge in [0.25, 0.3) is 0 Å². The number of unbranched alkanes of at least 4 members (excludes halogenated alkanes) is 9. The van der Waals surface area contributed by atoms with Crippen LogP contribution in [0.3, 0.4) is 0 Å². The van der Waals surface area contributed by atoms with E-state index in [0.717, 1.165) is 12.8 Å². The van der Waals surface area contributed by atoms with E-state index in [1.807, 2.05) is 0 Å². The molecule has 0 aliphatic carbocycles. The largest absolute Gasteiger partial charge is 0.505 e. The van der Waals surface area contributed by atoms with Gasteiger partial charge >= 0.3 is 8.03 Å². The van der Waals surface area contributed by atoms with Crippen molar-refractivity contribution in [3.63, 3.8) is 0 Å². The van der Waals surface area contributed by atoms with E-state index in [1.165, 1.54) is 51.4 Å². The molecule has 0 rings (SSSR count). The predicted molar refractivity (Wildman–Crippen MR) is 66.5 cm³/mol. The zero-order chi connectivity index (χ0) is 11.4. The normalized spacial score (nSPS) is 11.0. The molecule has 0 saturated carbocycles. The van der Waals surface area contributed by atoms with Gasteiger partial charge in [-0.05, 0) is 17.4 Å². The minimum atomic E-state index is -1.89. The first-order valence-corrected chi connectivity index (χ1v) is 7.80. The number of hydrogen-bond donors (Lipinski definition) is 1. The molecule has 0 radical (unpaired) electrons. The second-order valence-electron chi connectivity index (χ2n) is 4.26. The van der Waals surface area contributed by atoms with E-state index in [0.29, 0.717) is 6.16 Å². The van der Waals surface area contributed by atoms with Crippen LogP contribution in [0.25, 0.3) is 0 Å². The quantitative estimate of drug-likeness (QED) is 0.341. The van der Waals surface area contributed by atoms with Gasteiger partial charge in [0, 0.05) is 21.1 Å². The first-order chi connectivity index (χ1) is 7.27. The molecule has 1 N–H and O–H groups in total. The van der Waals surface area contributed by atoms with E-state index in [-0.39, 0.29) is 21.1 Å². The number of hydrogen-bond acceptors (Lipinski definition) is 1. The van der Waals surface area contributed by atoms with Gasteiger partial charge in [-0.25, -0.2) is 0 Å². The first-order valence-electron chi connectivity index (χ1n) is 6.41. The van der Waals surface area contributed by atoms with Crippen LogP contribution in [0.1, 0.15) is 71.1 Å². The fourth-order valence-corrected chi connectivity index (χ4v) is 2.23. The average Bonchev–Trinajstić information content (AvgIpc) is 2.20. The third kappa shape index (κ3) is 17.2. The van der Waals surface area contributed by atoms with E-state index < -0.39 is 8.03 Å². The molecule has 1 atom stereocenters. The van der Waals surface area contributed by atoms with E-state index in [9.17, 15) is 4.57 Å². The summed E-state index contributed by atoms with van der Waals surface area (Å²) in [5.41, 5.74) is 0. The summed E-state index contributed by atoms with van der Waals surface area (Å²) in [4.78, 5) is 8.58. The van der Waals surface area contributed by atoms with Crippen LogP contribution in [0.4, 0.5) is 0 Å². The molecule has 0 spiro atoms. The van der Waals surface area contributed by atoms with Crippen molar-refractivity contribution in [1.82, 2.24) is 0 Å². The molecule has 2 nitrogen and oxygen atoms in total. The van der Waals surface area contributed by atoms with E-state index in [1.54, 1.807) is 0 Å². The van der Waals surface area contributed by atoms with Crippen molar-refractivity contribution in [3.05, 3.63) is 0 Å². The third-order valence-corrected chi connectivity index (χ3v) is 3.40. The van der Waals surface area contributed by atoms with Gasteiger partial charge in [-0.2, -0.15) is 4.89 Å². The summed E-state index contributed by atoms with van der Waals surface area (Å²) in [6, 6.07) is 0. The van der Waals surface area contributed by atoms with Gasteiger partial charge in [0.15, 0.2) is 6.16 Å². The van der Waals surface area contributed by atoms with Crippen molar-refractivity contribution in [3.8, 4) is 0 Å². The van der Waals surface area contributed by atoms with Gasteiger partial charge in [-0.15, -0.1) is 0 Å². The SMILES string of the molecule is CCCCCCCCCCCC[P+](=O)O.[Mo]. The molecule has 0 heterocycles. The zero-order valence-corrected chi connectivity index (χ0v) is 13.4. The van der Waals surface area contributed by atoms with Crippen LogP contribution >= 0.6 is 8.03 Å². The molecular formula is C12H26MoO2P+. The molecule has 0 aliphatic rings. The monoisotopic (exact) mass is 331 g/mol. The van der Waals surface area contributed by atoms with Gasteiger partial charge in [0.1, 0.15) is 0 Å². The molecule has 0 fully saturated rings. The fraction of sp³-hybridized carbons (Fsp3) is 1.00. The Morgan fingerprint density at radius 3 is 1.56 bits per heavy atom. The fourth-order valence-electron chi connectivity index (χ4n) is 1.73.